The maximum atomic E-state index is 4.27. The fraction of sp³-hybridized carbons (Fsp3) is 0.583. The molecule has 2 rings (SSSR count). The predicted molar refractivity (Wildman–Crippen MR) is 64.4 cm³/mol. The van der Waals surface area contributed by atoms with E-state index in [0.717, 1.165) is 24.7 Å². The molecule has 0 aliphatic carbocycles. The molecule has 0 aromatic carbocycles. The van der Waals surface area contributed by atoms with Gasteiger partial charge in [0.2, 0.25) is 0 Å². The third kappa shape index (κ3) is 2.41. The summed E-state index contributed by atoms with van der Waals surface area (Å²) in [4.78, 5) is 6.68. The Hall–Kier alpha value is -1.25. The van der Waals surface area contributed by atoms with E-state index >= 15 is 0 Å². The summed E-state index contributed by atoms with van der Waals surface area (Å²) >= 11 is 0. The van der Waals surface area contributed by atoms with Gasteiger partial charge in [0.25, 0.3) is 0 Å². The van der Waals surface area contributed by atoms with Gasteiger partial charge in [0.05, 0.1) is 23.8 Å². The van der Waals surface area contributed by atoms with Gasteiger partial charge in [0, 0.05) is 19.6 Å². The summed E-state index contributed by atoms with van der Waals surface area (Å²) in [6.45, 7) is 7.68. The third-order valence-corrected chi connectivity index (χ3v) is 2.89. The first-order valence-electron chi connectivity index (χ1n) is 5.73. The minimum atomic E-state index is 0.813. The van der Waals surface area contributed by atoms with Crippen LogP contribution >= 0.6 is 0 Å². The summed E-state index contributed by atoms with van der Waals surface area (Å²) in [6.07, 6.45) is 5.14. The molecule has 15 heavy (non-hydrogen) atoms. The highest BCUT2D eigenvalue weighted by molar-refractivity contribution is 5.56. The normalized spacial score (nSPS) is 20.7. The van der Waals surface area contributed by atoms with Crippen LogP contribution in [0.3, 0.4) is 0 Å². The zero-order valence-corrected chi connectivity index (χ0v) is 9.53. The van der Waals surface area contributed by atoms with E-state index in [9.17, 15) is 0 Å². The number of aromatic nitrogens is 1. The Bertz CT molecular complexity index is 324. The van der Waals surface area contributed by atoms with Gasteiger partial charge in [-0.2, -0.15) is 0 Å². The zero-order valence-electron chi connectivity index (χ0n) is 9.53. The first kappa shape index (κ1) is 10.3. The highest BCUT2D eigenvalue weighted by Crippen LogP contribution is 2.24. The molecule has 1 fully saturated rings. The smallest absolute Gasteiger partial charge is 0.0573 e. The molecule has 1 aromatic heterocycles. The van der Waals surface area contributed by atoms with Gasteiger partial charge in [-0.05, 0) is 25.3 Å². The quantitative estimate of drug-likeness (QED) is 0.821. The van der Waals surface area contributed by atoms with Gasteiger partial charge in [-0.15, -0.1) is 0 Å². The summed E-state index contributed by atoms with van der Waals surface area (Å²) in [5, 5.41) is 3.29. The van der Waals surface area contributed by atoms with E-state index in [0.29, 0.717) is 0 Å². The maximum absolute atomic E-state index is 4.27. The Balaban J connectivity index is 2.10. The molecule has 1 aliphatic heterocycles. The summed E-state index contributed by atoms with van der Waals surface area (Å²) in [5.74, 6) is 0.813. The predicted octanol–water partition coefficient (Wildman–Crippen LogP) is 2.36. The molecule has 1 unspecified atom stereocenters. The molecule has 1 atom stereocenters. The molecule has 0 spiro atoms. The molecule has 0 amide bonds. The molecule has 0 saturated carbocycles. The van der Waals surface area contributed by atoms with Crippen molar-refractivity contribution in [2.45, 2.75) is 20.3 Å². The Labute approximate surface area is 91.5 Å². The van der Waals surface area contributed by atoms with E-state index in [1.807, 2.05) is 12.4 Å². The van der Waals surface area contributed by atoms with Crippen LogP contribution in [0, 0.1) is 5.92 Å². The van der Waals surface area contributed by atoms with Gasteiger partial charge in [0.1, 0.15) is 0 Å². The van der Waals surface area contributed by atoms with Crippen LogP contribution in [0.4, 0.5) is 11.4 Å². The molecule has 2 heterocycles. The second kappa shape index (κ2) is 4.51. The lowest BCUT2D eigenvalue weighted by atomic mass is 10.2. The van der Waals surface area contributed by atoms with Crippen molar-refractivity contribution in [2.75, 3.05) is 29.9 Å². The van der Waals surface area contributed by atoms with Crippen LogP contribution < -0.4 is 10.2 Å². The zero-order chi connectivity index (χ0) is 10.7. The van der Waals surface area contributed by atoms with Crippen LogP contribution in [0.25, 0.3) is 0 Å². The van der Waals surface area contributed by atoms with E-state index in [2.05, 4.69) is 35.1 Å². The molecule has 1 saturated heterocycles. The van der Waals surface area contributed by atoms with Crippen LogP contribution in [-0.4, -0.2) is 24.6 Å². The molecule has 1 N–H and O–H groups in total. The van der Waals surface area contributed by atoms with Gasteiger partial charge in [-0.3, -0.25) is 4.98 Å². The number of hydrogen-bond acceptors (Lipinski definition) is 3. The maximum Gasteiger partial charge on any atom is 0.0573 e. The molecule has 82 valence electrons. The average molecular weight is 205 g/mol. The first-order chi connectivity index (χ1) is 7.29. The highest BCUT2D eigenvalue weighted by atomic mass is 15.2. The second-order valence-corrected chi connectivity index (χ2v) is 4.30. The van der Waals surface area contributed by atoms with Crippen molar-refractivity contribution in [2.24, 2.45) is 5.92 Å². The van der Waals surface area contributed by atoms with Gasteiger partial charge < -0.3 is 10.2 Å². The van der Waals surface area contributed by atoms with Crippen LogP contribution in [0.15, 0.2) is 18.5 Å². The monoisotopic (exact) mass is 205 g/mol. The van der Waals surface area contributed by atoms with Gasteiger partial charge in [-0.1, -0.05) is 6.92 Å². The Kier molecular flexibility index (Phi) is 3.09. The lowest BCUT2D eigenvalue weighted by Crippen LogP contribution is -2.19. The fourth-order valence-corrected chi connectivity index (χ4v) is 2.07. The Morgan fingerprint density at radius 2 is 2.40 bits per heavy atom. The Morgan fingerprint density at radius 1 is 1.53 bits per heavy atom. The highest BCUT2D eigenvalue weighted by Gasteiger charge is 2.18. The first-order valence-corrected chi connectivity index (χ1v) is 5.73. The van der Waals surface area contributed by atoms with Gasteiger partial charge >= 0.3 is 0 Å². The second-order valence-electron chi connectivity index (χ2n) is 4.30. The largest absolute Gasteiger partial charge is 0.384 e. The van der Waals surface area contributed by atoms with Crippen LogP contribution in [-0.2, 0) is 0 Å². The number of hydrogen-bond donors (Lipinski definition) is 1. The summed E-state index contributed by atoms with van der Waals surface area (Å²) in [7, 11) is 0. The third-order valence-electron chi connectivity index (χ3n) is 2.89. The van der Waals surface area contributed by atoms with Crippen molar-refractivity contribution >= 4 is 11.4 Å². The fourth-order valence-electron chi connectivity index (χ4n) is 2.07. The average Bonchev–Trinajstić information content (AvgIpc) is 2.66. The van der Waals surface area contributed by atoms with Crippen molar-refractivity contribution in [1.82, 2.24) is 4.98 Å². The van der Waals surface area contributed by atoms with E-state index in [1.54, 1.807) is 0 Å². The summed E-state index contributed by atoms with van der Waals surface area (Å²) < 4.78 is 0. The van der Waals surface area contributed by atoms with E-state index < -0.39 is 0 Å². The van der Waals surface area contributed by atoms with Gasteiger partial charge in [-0.25, -0.2) is 0 Å². The molecule has 1 aliphatic rings. The number of rotatable bonds is 3. The standard InChI is InChI=1S/C12H19N3/c1-3-14-11-6-12(8-13-7-11)15-5-4-10(2)9-15/h6-8,10,14H,3-5,9H2,1-2H3. The minimum absolute atomic E-state index is 0.813. The lowest BCUT2D eigenvalue weighted by Gasteiger charge is -2.18. The van der Waals surface area contributed by atoms with Crippen molar-refractivity contribution in [3.05, 3.63) is 18.5 Å². The van der Waals surface area contributed by atoms with Crippen molar-refractivity contribution in [1.29, 1.82) is 0 Å². The summed E-state index contributed by atoms with van der Waals surface area (Å²) in [5.41, 5.74) is 2.37. The molecular formula is C12H19N3. The van der Waals surface area contributed by atoms with Crippen LogP contribution in [0.5, 0.6) is 0 Å². The lowest BCUT2D eigenvalue weighted by molar-refractivity contribution is 0.659. The molecule has 3 nitrogen and oxygen atoms in total. The number of nitrogens with zero attached hydrogens (tertiary/aromatic N) is 2. The topological polar surface area (TPSA) is 28.2 Å². The molecule has 3 heteroatoms. The number of nitrogens with one attached hydrogen (secondary N) is 1. The van der Waals surface area contributed by atoms with Crippen LogP contribution in [0.1, 0.15) is 20.3 Å². The molecule has 1 aromatic rings. The molecular weight excluding hydrogens is 186 g/mol. The van der Waals surface area contributed by atoms with Gasteiger partial charge in [0.15, 0.2) is 0 Å². The van der Waals surface area contributed by atoms with Crippen molar-refractivity contribution in [3.8, 4) is 0 Å². The SMILES string of the molecule is CCNc1cncc(N2CCC(C)C2)c1. The molecule has 0 bridgehead atoms. The van der Waals surface area contributed by atoms with E-state index in [4.69, 9.17) is 0 Å². The number of pyridine rings is 1. The van der Waals surface area contributed by atoms with E-state index in [1.165, 1.54) is 18.7 Å². The van der Waals surface area contributed by atoms with Crippen molar-refractivity contribution < 1.29 is 0 Å². The van der Waals surface area contributed by atoms with E-state index in [-0.39, 0.29) is 0 Å². The minimum Gasteiger partial charge on any atom is -0.384 e. The van der Waals surface area contributed by atoms with Crippen LogP contribution in [0.2, 0.25) is 0 Å². The molecule has 0 radical (unpaired) electrons. The summed E-state index contributed by atoms with van der Waals surface area (Å²) in [6, 6.07) is 2.19. The Morgan fingerprint density at radius 3 is 3.07 bits per heavy atom. The number of anilines is 2. The van der Waals surface area contributed by atoms with Crippen molar-refractivity contribution in [3.63, 3.8) is 0 Å².